The van der Waals surface area contributed by atoms with E-state index in [4.69, 9.17) is 4.74 Å². The predicted octanol–water partition coefficient (Wildman–Crippen LogP) is 0.194. The molecule has 2 heterocycles. The molecule has 1 aromatic carbocycles. The van der Waals surface area contributed by atoms with Crippen LogP contribution >= 0.6 is 0 Å². The number of carbonyl (C=O) groups excluding carboxylic acids is 3. The van der Waals surface area contributed by atoms with Gasteiger partial charge in [-0.2, -0.15) is 0 Å². The van der Waals surface area contributed by atoms with E-state index in [1.54, 1.807) is 0 Å². The molecule has 2 fully saturated rings. The number of nitrogens with one attached hydrogen (secondary N) is 1. The van der Waals surface area contributed by atoms with Crippen LogP contribution in [0.1, 0.15) is 18.4 Å². The second-order valence-corrected chi connectivity index (χ2v) is 9.24. The molecule has 2 saturated heterocycles. The van der Waals surface area contributed by atoms with Crippen LogP contribution in [-0.2, 0) is 29.0 Å². The molecule has 3 rings (SSSR count). The Labute approximate surface area is 157 Å². The van der Waals surface area contributed by atoms with E-state index in [-0.39, 0.29) is 30.4 Å². The van der Waals surface area contributed by atoms with Crippen molar-refractivity contribution in [3.8, 4) is 0 Å². The van der Waals surface area contributed by atoms with Gasteiger partial charge in [-0.1, -0.05) is 17.7 Å². The van der Waals surface area contributed by atoms with Crippen molar-refractivity contribution in [1.82, 2.24) is 5.32 Å². The number of amides is 2. The van der Waals surface area contributed by atoms with Crippen LogP contribution < -0.4 is 10.2 Å². The molecule has 0 bridgehead atoms. The molecule has 0 saturated carbocycles. The molecule has 1 N–H and O–H groups in total. The van der Waals surface area contributed by atoms with E-state index in [1.807, 2.05) is 31.2 Å². The highest BCUT2D eigenvalue weighted by Crippen LogP contribution is 2.26. The van der Waals surface area contributed by atoms with E-state index >= 15 is 0 Å². The topological polar surface area (TPSA) is 110 Å². The summed E-state index contributed by atoms with van der Waals surface area (Å²) in [6.45, 7) is 1.68. The van der Waals surface area contributed by atoms with Crippen LogP contribution in [0.4, 0.5) is 5.69 Å². The quantitative estimate of drug-likeness (QED) is 0.714. The second kappa shape index (κ2) is 7.67. The average molecular weight is 394 g/mol. The molecule has 1 aromatic rings. The third kappa shape index (κ3) is 4.85. The normalized spacial score (nSPS) is 24.0. The van der Waals surface area contributed by atoms with Crippen LogP contribution in [0.2, 0.25) is 0 Å². The monoisotopic (exact) mass is 394 g/mol. The minimum absolute atomic E-state index is 0.0369. The van der Waals surface area contributed by atoms with Gasteiger partial charge in [0.05, 0.1) is 17.4 Å². The van der Waals surface area contributed by atoms with E-state index < -0.39 is 40.3 Å². The minimum atomic E-state index is -3.09. The van der Waals surface area contributed by atoms with E-state index in [1.165, 1.54) is 4.90 Å². The fourth-order valence-electron chi connectivity index (χ4n) is 3.27. The lowest BCUT2D eigenvalue weighted by molar-refractivity contribution is -0.152. The van der Waals surface area contributed by atoms with Gasteiger partial charge < -0.3 is 15.0 Å². The van der Waals surface area contributed by atoms with Gasteiger partial charge in [0, 0.05) is 24.7 Å². The smallest absolute Gasteiger partial charge is 0.311 e. The number of hydrogen-bond donors (Lipinski definition) is 1. The van der Waals surface area contributed by atoms with Crippen LogP contribution in [0, 0.1) is 12.8 Å². The van der Waals surface area contributed by atoms with Crippen molar-refractivity contribution < 1.29 is 27.5 Å². The maximum Gasteiger partial charge on any atom is 0.311 e. The predicted molar refractivity (Wildman–Crippen MR) is 97.8 cm³/mol. The van der Waals surface area contributed by atoms with Gasteiger partial charge >= 0.3 is 5.97 Å². The molecule has 0 aliphatic carbocycles. The Bertz CT molecular complexity index is 849. The number of ether oxygens (including phenoxy) is 1. The summed E-state index contributed by atoms with van der Waals surface area (Å²) in [6, 6.07) is 6.99. The van der Waals surface area contributed by atoms with Gasteiger partial charge in [0.25, 0.3) is 5.91 Å². The summed E-state index contributed by atoms with van der Waals surface area (Å²) in [6.07, 6.45) is 0.403. The molecule has 0 radical (unpaired) electrons. The lowest BCUT2D eigenvalue weighted by Gasteiger charge is -2.17. The lowest BCUT2D eigenvalue weighted by Crippen LogP contribution is -2.38. The molecule has 8 nitrogen and oxygen atoms in total. The van der Waals surface area contributed by atoms with E-state index in [2.05, 4.69) is 5.32 Å². The number of aryl methyl sites for hydroxylation is 1. The van der Waals surface area contributed by atoms with Gasteiger partial charge in [-0.25, -0.2) is 8.42 Å². The van der Waals surface area contributed by atoms with Gasteiger partial charge in [0.15, 0.2) is 16.4 Å². The molecular formula is C18H22N2O6S. The molecule has 2 unspecified atom stereocenters. The number of nitrogens with zero attached hydrogens (tertiary/aromatic N) is 1. The summed E-state index contributed by atoms with van der Waals surface area (Å²) >= 11 is 0. The molecule has 146 valence electrons. The number of rotatable bonds is 5. The first-order valence-corrected chi connectivity index (χ1v) is 10.6. The van der Waals surface area contributed by atoms with Crippen LogP contribution in [-0.4, -0.2) is 56.9 Å². The van der Waals surface area contributed by atoms with E-state index in [9.17, 15) is 22.8 Å². The molecule has 2 amide bonds. The zero-order valence-electron chi connectivity index (χ0n) is 15.0. The number of sulfone groups is 1. The SMILES string of the molecule is Cc1ccc(N2CC(C(=O)OCC(=O)NC3CCS(=O)(=O)C3)CC2=O)cc1. The Hall–Kier alpha value is -2.42. The van der Waals surface area contributed by atoms with Gasteiger partial charge in [-0.15, -0.1) is 0 Å². The molecule has 0 aromatic heterocycles. The van der Waals surface area contributed by atoms with Crippen molar-refractivity contribution in [3.05, 3.63) is 29.8 Å². The Kier molecular flexibility index (Phi) is 5.50. The van der Waals surface area contributed by atoms with Crippen molar-refractivity contribution in [2.45, 2.75) is 25.8 Å². The van der Waals surface area contributed by atoms with Crippen molar-refractivity contribution in [3.63, 3.8) is 0 Å². The molecule has 27 heavy (non-hydrogen) atoms. The number of carbonyl (C=O) groups is 3. The summed E-state index contributed by atoms with van der Waals surface area (Å²) in [7, 11) is -3.09. The zero-order valence-corrected chi connectivity index (χ0v) is 15.8. The average Bonchev–Trinajstić information content (AvgIpc) is 3.15. The number of hydrogen-bond acceptors (Lipinski definition) is 6. The summed E-state index contributed by atoms with van der Waals surface area (Å²) in [4.78, 5) is 37.8. The number of benzene rings is 1. The van der Waals surface area contributed by atoms with Crippen molar-refractivity contribution in [1.29, 1.82) is 0 Å². The summed E-state index contributed by atoms with van der Waals surface area (Å²) in [5.41, 5.74) is 1.79. The Balaban J connectivity index is 1.48. The Morgan fingerprint density at radius 2 is 1.96 bits per heavy atom. The van der Waals surface area contributed by atoms with E-state index in [0.717, 1.165) is 11.3 Å². The summed E-state index contributed by atoms with van der Waals surface area (Å²) < 4.78 is 27.8. The Morgan fingerprint density at radius 3 is 2.59 bits per heavy atom. The number of anilines is 1. The minimum Gasteiger partial charge on any atom is -0.455 e. The fraction of sp³-hybridized carbons (Fsp3) is 0.500. The van der Waals surface area contributed by atoms with Crippen LogP contribution in [0.3, 0.4) is 0 Å². The van der Waals surface area contributed by atoms with E-state index in [0.29, 0.717) is 6.42 Å². The second-order valence-electron chi connectivity index (χ2n) is 7.02. The van der Waals surface area contributed by atoms with Crippen LogP contribution in [0.15, 0.2) is 24.3 Å². The molecule has 0 spiro atoms. The molecule has 2 atom stereocenters. The van der Waals surface area contributed by atoms with Crippen LogP contribution in [0.5, 0.6) is 0 Å². The Morgan fingerprint density at radius 1 is 1.26 bits per heavy atom. The van der Waals surface area contributed by atoms with Crippen molar-refractivity contribution >= 4 is 33.3 Å². The van der Waals surface area contributed by atoms with Crippen LogP contribution in [0.25, 0.3) is 0 Å². The first kappa shape index (κ1) is 19.3. The van der Waals surface area contributed by atoms with Crippen molar-refractivity contribution in [2.24, 2.45) is 5.92 Å². The molecule has 2 aliphatic heterocycles. The standard InChI is InChI=1S/C18H22N2O6S/c1-12-2-4-15(5-3-12)20-9-13(8-17(20)22)18(23)26-10-16(21)19-14-6-7-27(24,25)11-14/h2-5,13-14H,6-11H2,1H3,(H,19,21). The zero-order chi connectivity index (χ0) is 19.6. The summed E-state index contributed by atoms with van der Waals surface area (Å²) in [5, 5.41) is 2.56. The van der Waals surface area contributed by atoms with Gasteiger partial charge in [-0.3, -0.25) is 14.4 Å². The van der Waals surface area contributed by atoms with Gasteiger partial charge in [0.2, 0.25) is 5.91 Å². The van der Waals surface area contributed by atoms with Gasteiger partial charge in [0.1, 0.15) is 0 Å². The first-order valence-electron chi connectivity index (χ1n) is 8.77. The third-order valence-electron chi connectivity index (χ3n) is 4.75. The van der Waals surface area contributed by atoms with Gasteiger partial charge in [-0.05, 0) is 25.5 Å². The molecular weight excluding hydrogens is 372 g/mol. The summed E-state index contributed by atoms with van der Waals surface area (Å²) in [5.74, 6) is -1.97. The highest BCUT2D eigenvalue weighted by Gasteiger charge is 2.36. The molecule has 9 heteroatoms. The van der Waals surface area contributed by atoms with Crippen molar-refractivity contribution in [2.75, 3.05) is 29.6 Å². The lowest BCUT2D eigenvalue weighted by atomic mass is 10.1. The number of esters is 1. The first-order chi connectivity index (χ1) is 12.7. The fourth-order valence-corrected chi connectivity index (χ4v) is 4.95. The maximum absolute atomic E-state index is 12.2. The highest BCUT2D eigenvalue weighted by molar-refractivity contribution is 7.91. The largest absolute Gasteiger partial charge is 0.455 e. The third-order valence-corrected chi connectivity index (χ3v) is 6.52. The molecule has 2 aliphatic rings. The maximum atomic E-state index is 12.2. The highest BCUT2D eigenvalue weighted by atomic mass is 32.2.